The largest absolute Gasteiger partial charge is 0.346 e. The third-order valence-electron chi connectivity index (χ3n) is 4.26. The molecular formula is C17H23N3O2. The lowest BCUT2D eigenvalue weighted by atomic mass is 10.0. The molecule has 2 aliphatic rings. The van der Waals surface area contributed by atoms with Crippen LogP contribution in [0, 0.1) is 5.92 Å². The predicted molar refractivity (Wildman–Crippen MR) is 85.7 cm³/mol. The van der Waals surface area contributed by atoms with Crippen LogP contribution in [0.25, 0.3) is 0 Å². The van der Waals surface area contributed by atoms with Crippen LogP contribution < -0.4 is 15.5 Å². The van der Waals surface area contributed by atoms with Crippen molar-refractivity contribution in [2.45, 2.75) is 25.7 Å². The Morgan fingerprint density at radius 3 is 2.82 bits per heavy atom. The predicted octanol–water partition coefficient (Wildman–Crippen LogP) is 1.08. The summed E-state index contributed by atoms with van der Waals surface area (Å²) in [4.78, 5) is 25.9. The summed E-state index contributed by atoms with van der Waals surface area (Å²) >= 11 is 0. The monoisotopic (exact) mass is 301 g/mol. The normalized spacial score (nSPS) is 17.0. The molecule has 5 nitrogen and oxygen atoms in total. The van der Waals surface area contributed by atoms with Crippen LogP contribution in [0.4, 0.5) is 5.69 Å². The smallest absolute Gasteiger partial charge is 0.246 e. The number of nitrogens with one attached hydrogen (secondary N) is 2. The molecule has 3 rings (SSSR count). The van der Waals surface area contributed by atoms with Gasteiger partial charge in [0.25, 0.3) is 0 Å². The Hall–Kier alpha value is -1.88. The van der Waals surface area contributed by atoms with Crippen molar-refractivity contribution in [2.24, 2.45) is 5.92 Å². The summed E-state index contributed by atoms with van der Waals surface area (Å²) in [5.74, 6) is 0.598. The van der Waals surface area contributed by atoms with E-state index in [1.165, 1.54) is 18.4 Å². The number of benzene rings is 1. The lowest BCUT2D eigenvalue weighted by Gasteiger charge is -2.29. The molecule has 0 spiro atoms. The molecule has 2 amide bonds. The highest BCUT2D eigenvalue weighted by Gasteiger charge is 2.23. The fourth-order valence-corrected chi connectivity index (χ4v) is 2.84. The second kappa shape index (κ2) is 6.92. The van der Waals surface area contributed by atoms with E-state index in [9.17, 15) is 9.59 Å². The number of hydrogen-bond acceptors (Lipinski definition) is 3. The van der Waals surface area contributed by atoms with Crippen molar-refractivity contribution in [3.05, 3.63) is 29.8 Å². The lowest BCUT2D eigenvalue weighted by Crippen LogP contribution is -2.44. The molecule has 0 saturated heterocycles. The molecule has 0 bridgehead atoms. The molecule has 1 aliphatic heterocycles. The number of rotatable bonds is 6. The van der Waals surface area contributed by atoms with Crippen molar-refractivity contribution in [1.82, 2.24) is 10.6 Å². The third kappa shape index (κ3) is 3.85. The second-order valence-corrected chi connectivity index (χ2v) is 6.13. The van der Waals surface area contributed by atoms with Crippen LogP contribution in [-0.2, 0) is 16.0 Å². The maximum atomic E-state index is 12.3. The molecule has 1 aromatic rings. The van der Waals surface area contributed by atoms with Gasteiger partial charge in [-0.25, -0.2) is 0 Å². The van der Waals surface area contributed by atoms with Gasteiger partial charge in [0.1, 0.15) is 0 Å². The van der Waals surface area contributed by atoms with Gasteiger partial charge in [-0.05, 0) is 49.8 Å². The second-order valence-electron chi connectivity index (χ2n) is 6.13. The molecule has 0 radical (unpaired) electrons. The van der Waals surface area contributed by atoms with Gasteiger partial charge in [-0.15, -0.1) is 0 Å². The van der Waals surface area contributed by atoms with E-state index in [0.717, 1.165) is 37.5 Å². The van der Waals surface area contributed by atoms with Gasteiger partial charge >= 0.3 is 0 Å². The molecule has 0 aromatic heterocycles. The van der Waals surface area contributed by atoms with Crippen LogP contribution in [0.5, 0.6) is 0 Å². The van der Waals surface area contributed by atoms with Crippen molar-refractivity contribution in [1.29, 1.82) is 0 Å². The highest BCUT2D eigenvalue weighted by Crippen LogP contribution is 2.27. The summed E-state index contributed by atoms with van der Waals surface area (Å²) in [6.07, 6.45) is 4.51. The number of carbonyl (C=O) groups is 2. The Labute approximate surface area is 131 Å². The molecule has 2 N–H and O–H groups in total. The lowest BCUT2D eigenvalue weighted by molar-refractivity contribution is -0.124. The van der Waals surface area contributed by atoms with Gasteiger partial charge in [-0.3, -0.25) is 9.59 Å². The van der Waals surface area contributed by atoms with Crippen LogP contribution in [-0.4, -0.2) is 38.0 Å². The van der Waals surface area contributed by atoms with E-state index in [1.54, 1.807) is 4.90 Å². The average Bonchev–Trinajstić information content (AvgIpc) is 3.36. The van der Waals surface area contributed by atoms with Gasteiger partial charge in [0, 0.05) is 12.2 Å². The van der Waals surface area contributed by atoms with E-state index in [4.69, 9.17) is 0 Å². The zero-order valence-electron chi connectivity index (χ0n) is 12.8. The number of aryl methyl sites for hydroxylation is 1. The van der Waals surface area contributed by atoms with Crippen LogP contribution in [0.3, 0.4) is 0 Å². The van der Waals surface area contributed by atoms with E-state index in [1.807, 2.05) is 18.2 Å². The molecule has 1 heterocycles. The fraction of sp³-hybridized carbons (Fsp3) is 0.529. The summed E-state index contributed by atoms with van der Waals surface area (Å²) in [7, 11) is 0. The van der Waals surface area contributed by atoms with Gasteiger partial charge in [-0.2, -0.15) is 0 Å². The van der Waals surface area contributed by atoms with Crippen molar-refractivity contribution in [2.75, 3.05) is 31.1 Å². The number of anilines is 1. The van der Waals surface area contributed by atoms with Crippen LogP contribution in [0.15, 0.2) is 24.3 Å². The number of fused-ring (bicyclic) bond motifs is 1. The first-order valence-electron chi connectivity index (χ1n) is 8.10. The molecule has 1 aromatic carbocycles. The quantitative estimate of drug-likeness (QED) is 0.826. The number of hydrogen-bond donors (Lipinski definition) is 2. The highest BCUT2D eigenvalue weighted by molar-refractivity contribution is 5.97. The SMILES string of the molecule is O=C(CNCC1CC1)NCC(=O)N1CCCc2ccccc21. The topological polar surface area (TPSA) is 61.4 Å². The van der Waals surface area contributed by atoms with E-state index in [2.05, 4.69) is 16.7 Å². The van der Waals surface area contributed by atoms with Gasteiger partial charge in [0.15, 0.2) is 0 Å². The molecule has 1 saturated carbocycles. The first kappa shape index (κ1) is 15.0. The molecule has 22 heavy (non-hydrogen) atoms. The minimum Gasteiger partial charge on any atom is -0.346 e. The Morgan fingerprint density at radius 2 is 2.00 bits per heavy atom. The zero-order chi connectivity index (χ0) is 15.4. The van der Waals surface area contributed by atoms with Gasteiger partial charge in [0.2, 0.25) is 11.8 Å². The van der Waals surface area contributed by atoms with Crippen LogP contribution in [0.1, 0.15) is 24.8 Å². The zero-order valence-corrected chi connectivity index (χ0v) is 12.8. The molecular weight excluding hydrogens is 278 g/mol. The number of carbonyl (C=O) groups excluding carboxylic acids is 2. The third-order valence-corrected chi connectivity index (χ3v) is 4.26. The first-order chi connectivity index (χ1) is 10.7. The first-order valence-corrected chi connectivity index (χ1v) is 8.10. The summed E-state index contributed by atoms with van der Waals surface area (Å²) in [5.41, 5.74) is 2.19. The molecule has 0 unspecified atom stereocenters. The van der Waals surface area contributed by atoms with Crippen molar-refractivity contribution < 1.29 is 9.59 Å². The van der Waals surface area contributed by atoms with Crippen LogP contribution in [0.2, 0.25) is 0 Å². The summed E-state index contributed by atoms with van der Waals surface area (Å²) < 4.78 is 0. The minimum atomic E-state index is -0.112. The van der Waals surface area contributed by atoms with Gasteiger partial charge in [-0.1, -0.05) is 18.2 Å². The molecule has 1 aliphatic carbocycles. The van der Waals surface area contributed by atoms with E-state index in [-0.39, 0.29) is 18.4 Å². The average molecular weight is 301 g/mol. The standard InChI is InChI=1S/C17H23N3O2/c21-16(11-18-10-13-7-8-13)19-12-17(22)20-9-3-5-14-4-1-2-6-15(14)20/h1-2,4,6,13,18H,3,5,7-12H2,(H,19,21). The molecule has 1 fully saturated rings. The van der Waals surface area contributed by atoms with E-state index in [0.29, 0.717) is 6.54 Å². The summed E-state index contributed by atoms with van der Waals surface area (Å²) in [6, 6.07) is 7.99. The number of para-hydroxylation sites is 1. The molecule has 118 valence electrons. The summed E-state index contributed by atoms with van der Waals surface area (Å²) in [5, 5.41) is 5.84. The Balaban J connectivity index is 1.46. The van der Waals surface area contributed by atoms with Crippen molar-refractivity contribution in [3.8, 4) is 0 Å². The highest BCUT2D eigenvalue weighted by atomic mass is 16.2. The van der Waals surface area contributed by atoms with E-state index < -0.39 is 0 Å². The van der Waals surface area contributed by atoms with Gasteiger partial charge < -0.3 is 15.5 Å². The minimum absolute atomic E-state index is 0.0392. The number of nitrogens with zero attached hydrogens (tertiary/aromatic N) is 1. The Morgan fingerprint density at radius 1 is 1.18 bits per heavy atom. The molecule has 0 atom stereocenters. The van der Waals surface area contributed by atoms with E-state index >= 15 is 0 Å². The summed E-state index contributed by atoms with van der Waals surface area (Å²) in [6.45, 7) is 1.99. The maximum Gasteiger partial charge on any atom is 0.246 e. The number of amides is 2. The van der Waals surface area contributed by atoms with Crippen molar-refractivity contribution in [3.63, 3.8) is 0 Å². The van der Waals surface area contributed by atoms with Crippen LogP contribution >= 0.6 is 0 Å². The maximum absolute atomic E-state index is 12.3. The van der Waals surface area contributed by atoms with Gasteiger partial charge in [0.05, 0.1) is 13.1 Å². The van der Waals surface area contributed by atoms with Crippen molar-refractivity contribution >= 4 is 17.5 Å². The Bertz CT molecular complexity index is 555. The fourth-order valence-electron chi connectivity index (χ4n) is 2.84. The molecule has 5 heteroatoms. The Kier molecular flexibility index (Phi) is 4.73.